The van der Waals surface area contributed by atoms with Gasteiger partial charge in [0.1, 0.15) is 0 Å². The van der Waals surface area contributed by atoms with Crippen LogP contribution in [0.5, 0.6) is 0 Å². The Labute approximate surface area is 106 Å². The van der Waals surface area contributed by atoms with Crippen LogP contribution in [-0.4, -0.2) is 17.7 Å². The smallest absolute Gasteiger partial charge is 0.228 e. The van der Waals surface area contributed by atoms with E-state index < -0.39 is 0 Å². The minimum atomic E-state index is 0.154. The molecule has 1 saturated heterocycles. The van der Waals surface area contributed by atoms with Crippen LogP contribution < -0.4 is 4.90 Å². The Kier molecular flexibility index (Phi) is 2.56. The summed E-state index contributed by atoms with van der Waals surface area (Å²) >= 11 is 4.39. The van der Waals surface area contributed by atoms with Crippen LogP contribution in [0.25, 0.3) is 10.8 Å². The summed E-state index contributed by atoms with van der Waals surface area (Å²) in [6, 6.07) is 14.2. The lowest BCUT2D eigenvalue weighted by Crippen LogP contribution is -2.24. The molecule has 1 heterocycles. The summed E-state index contributed by atoms with van der Waals surface area (Å²) in [7, 11) is 0. The van der Waals surface area contributed by atoms with Crippen molar-refractivity contribution in [2.24, 2.45) is 0 Å². The number of amides is 1. The number of carbonyl (C=O) groups is 1. The fraction of sp³-hybridized carbons (Fsp3) is 0.214. The van der Waals surface area contributed by atoms with Crippen molar-refractivity contribution in [2.75, 3.05) is 11.4 Å². The summed E-state index contributed by atoms with van der Waals surface area (Å²) in [6.07, 6.45) is 0.534. The molecule has 1 aliphatic heterocycles. The van der Waals surface area contributed by atoms with E-state index in [9.17, 15) is 4.79 Å². The van der Waals surface area contributed by atoms with Crippen molar-refractivity contribution in [3.05, 3.63) is 42.5 Å². The van der Waals surface area contributed by atoms with Gasteiger partial charge in [0, 0.05) is 23.6 Å². The zero-order chi connectivity index (χ0) is 11.8. The third kappa shape index (κ3) is 1.80. The highest BCUT2D eigenvalue weighted by Gasteiger charge is 2.28. The lowest BCUT2D eigenvalue weighted by atomic mass is 10.1. The molecular formula is C14H13NOS. The average molecular weight is 243 g/mol. The minimum absolute atomic E-state index is 0.154. The van der Waals surface area contributed by atoms with Crippen LogP contribution in [0.3, 0.4) is 0 Å². The number of fused-ring (bicyclic) bond motifs is 1. The van der Waals surface area contributed by atoms with Crippen LogP contribution in [0.1, 0.15) is 6.42 Å². The highest BCUT2D eigenvalue weighted by molar-refractivity contribution is 7.81. The molecule has 1 amide bonds. The molecule has 1 aliphatic rings. The Bertz CT molecular complexity index is 576. The van der Waals surface area contributed by atoms with E-state index in [0.29, 0.717) is 13.0 Å². The zero-order valence-electron chi connectivity index (χ0n) is 9.34. The quantitative estimate of drug-likeness (QED) is 0.764. The lowest BCUT2D eigenvalue weighted by molar-refractivity contribution is -0.117. The second-order valence-electron chi connectivity index (χ2n) is 4.36. The van der Waals surface area contributed by atoms with Gasteiger partial charge in [-0.25, -0.2) is 0 Å². The summed E-state index contributed by atoms with van der Waals surface area (Å²) in [6.45, 7) is 0.704. The van der Waals surface area contributed by atoms with Crippen molar-refractivity contribution in [2.45, 2.75) is 11.7 Å². The van der Waals surface area contributed by atoms with E-state index in [1.165, 1.54) is 5.39 Å². The average Bonchev–Trinajstić information content (AvgIpc) is 2.68. The van der Waals surface area contributed by atoms with Gasteiger partial charge >= 0.3 is 0 Å². The van der Waals surface area contributed by atoms with E-state index in [0.717, 1.165) is 11.1 Å². The van der Waals surface area contributed by atoms with Gasteiger partial charge in [-0.3, -0.25) is 4.79 Å². The second kappa shape index (κ2) is 4.08. The fourth-order valence-electron chi connectivity index (χ4n) is 2.37. The SMILES string of the molecule is O=C1CC(S)CN1c1cccc2ccccc12. The molecule has 0 radical (unpaired) electrons. The molecule has 1 atom stereocenters. The van der Waals surface area contributed by atoms with Crippen molar-refractivity contribution < 1.29 is 4.79 Å². The zero-order valence-corrected chi connectivity index (χ0v) is 10.2. The number of hydrogen-bond acceptors (Lipinski definition) is 2. The summed E-state index contributed by atoms with van der Waals surface area (Å²) in [5, 5.41) is 2.45. The molecule has 0 aliphatic carbocycles. The lowest BCUT2D eigenvalue weighted by Gasteiger charge is -2.18. The number of anilines is 1. The first-order valence-corrected chi connectivity index (χ1v) is 6.23. The van der Waals surface area contributed by atoms with Crippen molar-refractivity contribution in [1.82, 2.24) is 0 Å². The highest BCUT2D eigenvalue weighted by atomic mass is 32.1. The number of thiol groups is 1. The van der Waals surface area contributed by atoms with E-state index in [1.807, 2.05) is 29.2 Å². The number of rotatable bonds is 1. The maximum Gasteiger partial charge on any atom is 0.228 e. The van der Waals surface area contributed by atoms with Crippen molar-refractivity contribution >= 4 is 35.0 Å². The van der Waals surface area contributed by atoms with Gasteiger partial charge in [0.2, 0.25) is 5.91 Å². The van der Waals surface area contributed by atoms with Gasteiger partial charge in [0.25, 0.3) is 0 Å². The van der Waals surface area contributed by atoms with Crippen LogP contribution in [0.4, 0.5) is 5.69 Å². The number of carbonyl (C=O) groups excluding carboxylic acids is 1. The molecule has 0 spiro atoms. The van der Waals surface area contributed by atoms with E-state index in [4.69, 9.17) is 0 Å². The number of benzene rings is 2. The van der Waals surface area contributed by atoms with Crippen LogP contribution in [0, 0.1) is 0 Å². The maximum absolute atomic E-state index is 11.9. The van der Waals surface area contributed by atoms with E-state index in [1.54, 1.807) is 0 Å². The van der Waals surface area contributed by atoms with Gasteiger partial charge in [-0.15, -0.1) is 0 Å². The molecule has 0 N–H and O–H groups in total. The maximum atomic E-state index is 11.9. The predicted octanol–water partition coefficient (Wildman–Crippen LogP) is 2.87. The molecule has 3 heteroatoms. The molecule has 0 aromatic heterocycles. The molecular weight excluding hydrogens is 230 g/mol. The first-order valence-electron chi connectivity index (χ1n) is 5.72. The Balaban J connectivity index is 2.14. The molecule has 1 fully saturated rings. The Hall–Kier alpha value is -1.48. The highest BCUT2D eigenvalue weighted by Crippen LogP contribution is 2.30. The van der Waals surface area contributed by atoms with Gasteiger partial charge < -0.3 is 4.90 Å². The minimum Gasteiger partial charge on any atom is -0.311 e. The van der Waals surface area contributed by atoms with Gasteiger partial charge in [-0.05, 0) is 11.5 Å². The molecule has 0 bridgehead atoms. The van der Waals surface area contributed by atoms with Gasteiger partial charge in [-0.2, -0.15) is 12.6 Å². The van der Waals surface area contributed by atoms with Crippen LogP contribution >= 0.6 is 12.6 Å². The van der Waals surface area contributed by atoms with Gasteiger partial charge in [0.15, 0.2) is 0 Å². The molecule has 2 nitrogen and oxygen atoms in total. The first kappa shape index (κ1) is 10.7. The largest absolute Gasteiger partial charge is 0.311 e. The molecule has 0 saturated carbocycles. The molecule has 2 aromatic carbocycles. The fourth-order valence-corrected chi connectivity index (χ4v) is 2.68. The summed E-state index contributed by atoms with van der Waals surface area (Å²) in [5.41, 5.74) is 1.00. The van der Waals surface area contributed by atoms with E-state index in [-0.39, 0.29) is 11.2 Å². The standard InChI is InChI=1S/C14H13NOS/c16-14-8-11(17)9-15(14)13-7-3-5-10-4-1-2-6-12(10)13/h1-7,11,17H,8-9H2. The Morgan fingerprint density at radius 2 is 1.88 bits per heavy atom. The number of hydrogen-bond donors (Lipinski definition) is 1. The first-order chi connectivity index (χ1) is 8.25. The van der Waals surface area contributed by atoms with Crippen LogP contribution in [0.15, 0.2) is 42.5 Å². The molecule has 1 unspecified atom stereocenters. The normalized spacial score (nSPS) is 20.2. The predicted molar refractivity (Wildman–Crippen MR) is 73.7 cm³/mol. The molecule has 86 valence electrons. The van der Waals surface area contributed by atoms with Crippen molar-refractivity contribution in [1.29, 1.82) is 0 Å². The van der Waals surface area contributed by atoms with Gasteiger partial charge in [0.05, 0.1) is 5.69 Å². The van der Waals surface area contributed by atoms with Gasteiger partial charge in [-0.1, -0.05) is 36.4 Å². The topological polar surface area (TPSA) is 20.3 Å². The van der Waals surface area contributed by atoms with E-state index >= 15 is 0 Å². The Morgan fingerprint density at radius 3 is 2.65 bits per heavy atom. The second-order valence-corrected chi connectivity index (χ2v) is 5.09. The third-order valence-corrected chi connectivity index (χ3v) is 3.51. The number of nitrogens with zero attached hydrogens (tertiary/aromatic N) is 1. The third-order valence-electron chi connectivity index (χ3n) is 3.16. The Morgan fingerprint density at radius 1 is 1.12 bits per heavy atom. The molecule has 2 aromatic rings. The van der Waals surface area contributed by atoms with E-state index in [2.05, 4.69) is 30.8 Å². The van der Waals surface area contributed by atoms with Crippen molar-refractivity contribution in [3.63, 3.8) is 0 Å². The molecule has 3 rings (SSSR count). The van der Waals surface area contributed by atoms with Crippen molar-refractivity contribution in [3.8, 4) is 0 Å². The monoisotopic (exact) mass is 243 g/mol. The molecule has 17 heavy (non-hydrogen) atoms. The summed E-state index contributed by atoms with van der Waals surface area (Å²) in [4.78, 5) is 13.8. The van der Waals surface area contributed by atoms with Crippen LogP contribution in [-0.2, 0) is 4.79 Å². The van der Waals surface area contributed by atoms with Crippen LogP contribution in [0.2, 0.25) is 0 Å². The summed E-state index contributed by atoms with van der Waals surface area (Å²) < 4.78 is 0. The summed E-state index contributed by atoms with van der Waals surface area (Å²) in [5.74, 6) is 0.168.